The van der Waals surface area contributed by atoms with Gasteiger partial charge in [0.15, 0.2) is 5.50 Å². The van der Waals surface area contributed by atoms with Gasteiger partial charge in [-0.3, -0.25) is 0 Å². The minimum absolute atomic E-state index is 0.244. The summed E-state index contributed by atoms with van der Waals surface area (Å²) >= 11 is 4.10. The minimum Gasteiger partial charge on any atom is -0.399 e. The fraction of sp³-hybridized carbons (Fsp3) is 0.143. The Hall–Kier alpha value is -1.03. The molecule has 1 aliphatic rings. The van der Waals surface area contributed by atoms with E-state index in [2.05, 4.69) is 22.6 Å². The highest BCUT2D eigenvalue weighted by atomic mass is 32.1. The third kappa shape index (κ3) is 1.09. The molecule has 0 fully saturated rings. The second-order valence-corrected chi connectivity index (χ2v) is 2.81. The number of nitrogen functional groups attached to an aromatic ring is 1. The van der Waals surface area contributed by atoms with E-state index in [0.29, 0.717) is 5.69 Å². The van der Waals surface area contributed by atoms with Crippen LogP contribution in [-0.4, -0.2) is 5.50 Å². The van der Waals surface area contributed by atoms with Gasteiger partial charge in [0.05, 0.1) is 10.7 Å². The number of nitrogens with two attached hydrogens (primary N) is 1. The Morgan fingerprint density at radius 1 is 1.27 bits per heavy atom. The lowest BCUT2D eigenvalue weighted by molar-refractivity contribution is 0.986. The molecule has 1 aromatic carbocycles. The van der Waals surface area contributed by atoms with Crippen LogP contribution in [0, 0.1) is 0 Å². The van der Waals surface area contributed by atoms with Crippen molar-refractivity contribution < 1.29 is 0 Å². The molecule has 1 unspecified atom stereocenters. The van der Waals surface area contributed by atoms with E-state index in [0.717, 1.165) is 10.7 Å². The number of thiol groups is 1. The number of hydrogen-bond acceptors (Lipinski definition) is 4. The molecular formula is C7H7N3S. The molecule has 2 rings (SSSR count). The van der Waals surface area contributed by atoms with Crippen molar-refractivity contribution >= 4 is 18.3 Å². The van der Waals surface area contributed by atoms with Crippen LogP contribution in [0.25, 0.3) is 0 Å². The summed E-state index contributed by atoms with van der Waals surface area (Å²) in [6.45, 7) is 0. The van der Waals surface area contributed by atoms with Gasteiger partial charge in [-0.25, -0.2) is 9.98 Å². The summed E-state index contributed by atoms with van der Waals surface area (Å²) in [6, 6.07) is 5.46. The molecule has 1 heterocycles. The topological polar surface area (TPSA) is 50.7 Å². The van der Waals surface area contributed by atoms with Gasteiger partial charge in [0.25, 0.3) is 0 Å². The van der Waals surface area contributed by atoms with Gasteiger partial charge in [0, 0.05) is 5.69 Å². The highest BCUT2D eigenvalue weighted by Crippen LogP contribution is 2.00. The summed E-state index contributed by atoms with van der Waals surface area (Å²) < 4.78 is 0. The zero-order chi connectivity index (χ0) is 7.84. The van der Waals surface area contributed by atoms with Crippen molar-refractivity contribution in [2.75, 3.05) is 5.73 Å². The largest absolute Gasteiger partial charge is 0.399 e. The van der Waals surface area contributed by atoms with Gasteiger partial charge in [-0.05, 0) is 18.2 Å². The van der Waals surface area contributed by atoms with Crippen LogP contribution in [-0.2, 0) is 0 Å². The van der Waals surface area contributed by atoms with E-state index in [-0.39, 0.29) is 5.50 Å². The maximum absolute atomic E-state index is 5.55. The predicted octanol–water partition coefficient (Wildman–Crippen LogP) is -0.265. The maximum atomic E-state index is 5.55. The van der Waals surface area contributed by atoms with E-state index >= 15 is 0 Å². The number of rotatable bonds is 0. The molecule has 2 N–H and O–H groups in total. The second kappa shape index (κ2) is 2.23. The number of benzene rings is 1. The van der Waals surface area contributed by atoms with Crippen LogP contribution in [0.1, 0.15) is 0 Å². The highest BCUT2D eigenvalue weighted by molar-refractivity contribution is 7.80. The zero-order valence-corrected chi connectivity index (χ0v) is 6.62. The summed E-state index contributed by atoms with van der Waals surface area (Å²) in [7, 11) is 0. The molecule has 3 nitrogen and oxygen atoms in total. The Labute approximate surface area is 69.1 Å². The Bertz CT molecular complexity index is 399. The number of nitrogens with zero attached hydrogens (tertiary/aromatic N) is 2. The summed E-state index contributed by atoms with van der Waals surface area (Å²) in [6.07, 6.45) is 0. The molecule has 11 heavy (non-hydrogen) atoms. The SMILES string of the molecule is Nc1ccc2c(c1)=NC(S)N=2. The van der Waals surface area contributed by atoms with Gasteiger partial charge in [-0.2, -0.15) is 0 Å². The molecule has 1 aliphatic heterocycles. The lowest BCUT2D eigenvalue weighted by Crippen LogP contribution is -2.21. The third-order valence-electron chi connectivity index (χ3n) is 1.51. The second-order valence-electron chi connectivity index (χ2n) is 2.35. The van der Waals surface area contributed by atoms with Gasteiger partial charge >= 0.3 is 0 Å². The van der Waals surface area contributed by atoms with Crippen LogP contribution in [0.5, 0.6) is 0 Å². The number of anilines is 1. The summed E-state index contributed by atoms with van der Waals surface area (Å²) in [5.74, 6) is 0. The van der Waals surface area contributed by atoms with Crippen molar-refractivity contribution in [1.29, 1.82) is 0 Å². The molecule has 0 bridgehead atoms. The molecule has 56 valence electrons. The van der Waals surface area contributed by atoms with Crippen molar-refractivity contribution in [3.63, 3.8) is 0 Å². The van der Waals surface area contributed by atoms with Gasteiger partial charge in [-0.15, -0.1) is 12.6 Å². The van der Waals surface area contributed by atoms with E-state index < -0.39 is 0 Å². The van der Waals surface area contributed by atoms with Crippen LogP contribution < -0.4 is 16.4 Å². The average molecular weight is 165 g/mol. The molecule has 0 amide bonds. The van der Waals surface area contributed by atoms with Crippen molar-refractivity contribution in [1.82, 2.24) is 0 Å². The van der Waals surface area contributed by atoms with Crippen LogP contribution in [0.4, 0.5) is 5.69 Å². The zero-order valence-electron chi connectivity index (χ0n) is 5.73. The first-order chi connectivity index (χ1) is 5.25. The molecule has 0 radical (unpaired) electrons. The summed E-state index contributed by atoms with van der Waals surface area (Å²) in [5.41, 5.74) is 6.02. The first-order valence-corrected chi connectivity index (χ1v) is 3.76. The Kier molecular flexibility index (Phi) is 1.35. The quantitative estimate of drug-likeness (QED) is 0.403. The standard InChI is InChI=1S/C7H7N3S/c8-4-1-2-5-6(3-4)10-7(11)9-5/h1-3,7,11H,8H2. The highest BCUT2D eigenvalue weighted by Gasteiger charge is 2.03. The van der Waals surface area contributed by atoms with E-state index in [1.165, 1.54) is 0 Å². The smallest absolute Gasteiger partial charge is 0.185 e. The fourth-order valence-electron chi connectivity index (χ4n) is 1.03. The lowest BCUT2D eigenvalue weighted by atomic mass is 10.3. The van der Waals surface area contributed by atoms with E-state index in [1.807, 2.05) is 12.1 Å². The number of fused-ring (bicyclic) bond motifs is 1. The van der Waals surface area contributed by atoms with Gasteiger partial charge < -0.3 is 5.73 Å². The monoisotopic (exact) mass is 165 g/mol. The van der Waals surface area contributed by atoms with Crippen LogP contribution in [0.2, 0.25) is 0 Å². The van der Waals surface area contributed by atoms with Crippen LogP contribution >= 0.6 is 12.6 Å². The molecule has 0 aliphatic carbocycles. The minimum atomic E-state index is -0.244. The molecule has 0 saturated carbocycles. The first-order valence-electron chi connectivity index (χ1n) is 3.25. The summed E-state index contributed by atoms with van der Waals surface area (Å²) in [4.78, 5) is 8.27. The fourth-order valence-corrected chi connectivity index (χ4v) is 1.28. The van der Waals surface area contributed by atoms with Crippen molar-refractivity contribution in [3.8, 4) is 0 Å². The first kappa shape index (κ1) is 6.67. The predicted molar refractivity (Wildman–Crippen MR) is 45.9 cm³/mol. The molecule has 0 spiro atoms. The molecule has 4 heteroatoms. The average Bonchev–Trinajstić information content (AvgIpc) is 2.27. The van der Waals surface area contributed by atoms with Crippen molar-refractivity contribution in [3.05, 3.63) is 28.9 Å². The molecule has 1 atom stereocenters. The van der Waals surface area contributed by atoms with E-state index in [9.17, 15) is 0 Å². The molecular weight excluding hydrogens is 158 g/mol. The summed E-state index contributed by atoms with van der Waals surface area (Å²) in [5, 5.41) is 1.71. The van der Waals surface area contributed by atoms with Crippen molar-refractivity contribution in [2.45, 2.75) is 5.50 Å². The third-order valence-corrected chi connectivity index (χ3v) is 1.74. The number of hydrogen-bond donors (Lipinski definition) is 2. The Balaban J connectivity index is 2.78. The van der Waals surface area contributed by atoms with Gasteiger partial charge in [0.1, 0.15) is 0 Å². The van der Waals surface area contributed by atoms with Gasteiger partial charge in [-0.1, -0.05) is 0 Å². The molecule has 0 aromatic heterocycles. The van der Waals surface area contributed by atoms with E-state index in [1.54, 1.807) is 6.07 Å². The normalized spacial score (nSPS) is 20.3. The van der Waals surface area contributed by atoms with E-state index in [4.69, 9.17) is 5.73 Å². The molecule has 0 saturated heterocycles. The van der Waals surface area contributed by atoms with Crippen LogP contribution in [0.3, 0.4) is 0 Å². The van der Waals surface area contributed by atoms with Crippen LogP contribution in [0.15, 0.2) is 28.2 Å². The van der Waals surface area contributed by atoms with Crippen molar-refractivity contribution in [2.24, 2.45) is 9.98 Å². The van der Waals surface area contributed by atoms with Gasteiger partial charge in [0.2, 0.25) is 0 Å². The lowest BCUT2D eigenvalue weighted by Gasteiger charge is -1.86. The Morgan fingerprint density at radius 3 is 2.82 bits per heavy atom. The maximum Gasteiger partial charge on any atom is 0.185 e. The Morgan fingerprint density at radius 2 is 2.00 bits per heavy atom. The molecule has 1 aromatic rings.